The highest BCUT2D eigenvalue weighted by atomic mass is 32.1. The molecule has 122 valence electrons. The summed E-state index contributed by atoms with van der Waals surface area (Å²) in [6.07, 6.45) is 0.102. The SMILES string of the molecule is CN=C(NCc1cccs1)N1CCOC(c2ccccc2C)C1. The third-order valence-corrected chi connectivity index (χ3v) is 4.99. The number of rotatable bonds is 3. The largest absolute Gasteiger partial charge is 0.370 e. The number of ether oxygens (including phenoxy) is 1. The van der Waals surface area contributed by atoms with Crippen LogP contribution in [0.4, 0.5) is 0 Å². The van der Waals surface area contributed by atoms with Gasteiger partial charge in [0, 0.05) is 18.5 Å². The van der Waals surface area contributed by atoms with E-state index >= 15 is 0 Å². The van der Waals surface area contributed by atoms with E-state index in [1.54, 1.807) is 11.3 Å². The molecule has 1 aromatic carbocycles. The van der Waals surface area contributed by atoms with Gasteiger partial charge in [-0.3, -0.25) is 4.99 Å². The summed E-state index contributed by atoms with van der Waals surface area (Å²) in [5, 5.41) is 5.56. The molecule has 0 saturated carbocycles. The van der Waals surface area contributed by atoms with E-state index in [0.717, 1.165) is 32.2 Å². The molecule has 4 nitrogen and oxygen atoms in total. The van der Waals surface area contributed by atoms with Crippen LogP contribution in [-0.4, -0.2) is 37.6 Å². The molecule has 1 aliphatic heterocycles. The summed E-state index contributed by atoms with van der Waals surface area (Å²) in [5.74, 6) is 0.945. The maximum absolute atomic E-state index is 6.00. The lowest BCUT2D eigenvalue weighted by atomic mass is 10.0. The van der Waals surface area contributed by atoms with Crippen LogP contribution < -0.4 is 5.32 Å². The van der Waals surface area contributed by atoms with Crippen molar-refractivity contribution in [3.8, 4) is 0 Å². The van der Waals surface area contributed by atoms with Crippen molar-refractivity contribution in [1.29, 1.82) is 0 Å². The first-order chi connectivity index (χ1) is 11.3. The highest BCUT2D eigenvalue weighted by Crippen LogP contribution is 2.25. The lowest BCUT2D eigenvalue weighted by Crippen LogP contribution is -2.48. The molecule has 23 heavy (non-hydrogen) atoms. The van der Waals surface area contributed by atoms with Gasteiger partial charge in [-0.2, -0.15) is 0 Å². The Balaban J connectivity index is 1.66. The molecular weight excluding hydrogens is 306 g/mol. The fourth-order valence-corrected chi connectivity index (χ4v) is 3.53. The van der Waals surface area contributed by atoms with Gasteiger partial charge in [-0.05, 0) is 29.5 Å². The van der Waals surface area contributed by atoms with Crippen molar-refractivity contribution in [3.63, 3.8) is 0 Å². The van der Waals surface area contributed by atoms with Crippen LogP contribution in [0.15, 0.2) is 46.8 Å². The molecule has 0 radical (unpaired) electrons. The van der Waals surface area contributed by atoms with Gasteiger partial charge in [0.15, 0.2) is 5.96 Å². The minimum absolute atomic E-state index is 0.102. The summed E-state index contributed by atoms with van der Waals surface area (Å²) in [6, 6.07) is 12.7. The van der Waals surface area contributed by atoms with Crippen molar-refractivity contribution < 1.29 is 4.74 Å². The average molecular weight is 329 g/mol. The zero-order valence-electron chi connectivity index (χ0n) is 13.7. The van der Waals surface area contributed by atoms with Crippen LogP contribution in [0.5, 0.6) is 0 Å². The van der Waals surface area contributed by atoms with E-state index in [9.17, 15) is 0 Å². The maximum atomic E-state index is 6.00. The van der Waals surface area contributed by atoms with Gasteiger partial charge in [-0.15, -0.1) is 11.3 Å². The van der Waals surface area contributed by atoms with E-state index in [0.29, 0.717) is 0 Å². The summed E-state index contributed by atoms with van der Waals surface area (Å²) >= 11 is 1.76. The molecule has 1 unspecified atom stereocenters. The number of hydrogen-bond donors (Lipinski definition) is 1. The number of hydrogen-bond acceptors (Lipinski definition) is 3. The molecule has 0 spiro atoms. The molecule has 0 amide bonds. The summed E-state index contributed by atoms with van der Waals surface area (Å²) in [4.78, 5) is 8.04. The van der Waals surface area contributed by atoms with Crippen LogP contribution in [0.25, 0.3) is 0 Å². The number of guanidine groups is 1. The smallest absolute Gasteiger partial charge is 0.194 e. The summed E-state index contributed by atoms with van der Waals surface area (Å²) < 4.78 is 6.00. The molecule has 0 bridgehead atoms. The number of aliphatic imine (C=N–C) groups is 1. The Bertz CT molecular complexity index is 654. The minimum Gasteiger partial charge on any atom is -0.370 e. The first-order valence-corrected chi connectivity index (χ1v) is 8.81. The first-order valence-electron chi connectivity index (χ1n) is 7.93. The zero-order valence-corrected chi connectivity index (χ0v) is 14.5. The fraction of sp³-hybridized carbons (Fsp3) is 0.389. The number of nitrogens with zero attached hydrogens (tertiary/aromatic N) is 2. The predicted octanol–water partition coefficient (Wildman–Crippen LogP) is 3.21. The Morgan fingerprint density at radius 1 is 1.35 bits per heavy atom. The average Bonchev–Trinajstić information content (AvgIpc) is 3.10. The van der Waals surface area contributed by atoms with Crippen molar-refractivity contribution >= 4 is 17.3 Å². The van der Waals surface area contributed by atoms with E-state index in [1.165, 1.54) is 16.0 Å². The van der Waals surface area contributed by atoms with Crippen molar-refractivity contribution in [2.45, 2.75) is 19.6 Å². The van der Waals surface area contributed by atoms with Crippen molar-refractivity contribution in [2.75, 3.05) is 26.7 Å². The maximum Gasteiger partial charge on any atom is 0.194 e. The molecule has 2 aromatic rings. The summed E-state index contributed by atoms with van der Waals surface area (Å²) in [6.45, 7) is 5.37. The molecule has 3 rings (SSSR count). The minimum atomic E-state index is 0.102. The lowest BCUT2D eigenvalue weighted by molar-refractivity contribution is -0.00833. The van der Waals surface area contributed by atoms with E-state index in [1.807, 2.05) is 7.05 Å². The molecule has 5 heteroatoms. The second kappa shape index (κ2) is 7.62. The second-order valence-electron chi connectivity index (χ2n) is 5.64. The lowest BCUT2D eigenvalue weighted by Gasteiger charge is -2.35. The van der Waals surface area contributed by atoms with Crippen LogP contribution in [0.2, 0.25) is 0 Å². The predicted molar refractivity (Wildman–Crippen MR) is 96.0 cm³/mol. The monoisotopic (exact) mass is 329 g/mol. The number of aryl methyl sites for hydroxylation is 1. The van der Waals surface area contributed by atoms with Crippen LogP contribution in [0, 0.1) is 6.92 Å². The molecule has 1 aromatic heterocycles. The molecule has 0 aliphatic carbocycles. The van der Waals surface area contributed by atoms with Gasteiger partial charge < -0.3 is 15.0 Å². The third kappa shape index (κ3) is 3.92. The Hall–Kier alpha value is -1.85. The molecular formula is C18H23N3OS. The summed E-state index contributed by atoms with van der Waals surface area (Å²) in [7, 11) is 1.84. The number of morpholine rings is 1. The highest BCUT2D eigenvalue weighted by Gasteiger charge is 2.25. The van der Waals surface area contributed by atoms with E-state index in [4.69, 9.17) is 4.74 Å². The van der Waals surface area contributed by atoms with E-state index in [-0.39, 0.29) is 6.10 Å². The van der Waals surface area contributed by atoms with E-state index in [2.05, 4.69) is 63.9 Å². The normalized spacial score (nSPS) is 19.0. The van der Waals surface area contributed by atoms with Crippen LogP contribution in [-0.2, 0) is 11.3 Å². The molecule has 1 fully saturated rings. The Morgan fingerprint density at radius 3 is 2.96 bits per heavy atom. The molecule has 1 N–H and O–H groups in total. The molecule has 1 atom stereocenters. The molecule has 2 heterocycles. The quantitative estimate of drug-likeness (QED) is 0.694. The second-order valence-corrected chi connectivity index (χ2v) is 6.67. The van der Waals surface area contributed by atoms with Gasteiger partial charge in [-0.25, -0.2) is 0 Å². The van der Waals surface area contributed by atoms with Crippen LogP contribution in [0.1, 0.15) is 22.1 Å². The fourth-order valence-electron chi connectivity index (χ4n) is 2.89. The standard InChI is InChI=1S/C18H23N3OS/c1-14-6-3-4-8-16(14)17-13-21(9-10-22-17)18(19-2)20-12-15-7-5-11-23-15/h3-8,11,17H,9-10,12-13H2,1-2H3,(H,19,20). The first kappa shape index (κ1) is 16.0. The van der Waals surface area contributed by atoms with Gasteiger partial charge in [0.25, 0.3) is 0 Å². The van der Waals surface area contributed by atoms with Crippen molar-refractivity contribution in [3.05, 3.63) is 57.8 Å². The number of benzene rings is 1. The van der Waals surface area contributed by atoms with Gasteiger partial charge >= 0.3 is 0 Å². The van der Waals surface area contributed by atoms with Gasteiger partial charge in [0.2, 0.25) is 0 Å². The van der Waals surface area contributed by atoms with Crippen molar-refractivity contribution in [2.24, 2.45) is 4.99 Å². The number of thiophene rings is 1. The Kier molecular flexibility index (Phi) is 5.31. The van der Waals surface area contributed by atoms with Crippen LogP contribution in [0.3, 0.4) is 0 Å². The van der Waals surface area contributed by atoms with Gasteiger partial charge in [0.05, 0.1) is 19.7 Å². The topological polar surface area (TPSA) is 36.9 Å². The highest BCUT2D eigenvalue weighted by molar-refractivity contribution is 7.09. The summed E-state index contributed by atoms with van der Waals surface area (Å²) in [5.41, 5.74) is 2.55. The third-order valence-electron chi connectivity index (χ3n) is 4.11. The Morgan fingerprint density at radius 2 is 2.22 bits per heavy atom. The van der Waals surface area contributed by atoms with Crippen molar-refractivity contribution in [1.82, 2.24) is 10.2 Å². The zero-order chi connectivity index (χ0) is 16.1. The molecule has 1 saturated heterocycles. The molecule has 1 aliphatic rings. The Labute approximate surface area is 141 Å². The van der Waals surface area contributed by atoms with Crippen LogP contribution >= 0.6 is 11.3 Å². The van der Waals surface area contributed by atoms with Gasteiger partial charge in [-0.1, -0.05) is 30.3 Å². The number of nitrogens with one attached hydrogen (secondary N) is 1. The van der Waals surface area contributed by atoms with E-state index < -0.39 is 0 Å². The van der Waals surface area contributed by atoms with Gasteiger partial charge in [0.1, 0.15) is 6.10 Å².